The Balaban J connectivity index is 1.47. The SMILES string of the molecule is COC(=O)C(Cc1cc(OC)cc(OC)c1)c1ccc(Oc2ccc(/C=C3\SC(=O)NC3=O)cc2)cc1. The number of ether oxygens (including phenoxy) is 4. The monoisotopic (exact) mass is 519 g/mol. The van der Waals surface area contributed by atoms with E-state index in [-0.39, 0.29) is 11.2 Å². The van der Waals surface area contributed by atoms with Gasteiger partial charge >= 0.3 is 5.97 Å². The fourth-order valence-electron chi connectivity index (χ4n) is 3.81. The minimum absolute atomic E-state index is 0.349. The van der Waals surface area contributed by atoms with Gasteiger partial charge in [-0.1, -0.05) is 24.3 Å². The van der Waals surface area contributed by atoms with Crippen LogP contribution < -0.4 is 19.5 Å². The van der Waals surface area contributed by atoms with Gasteiger partial charge in [0.05, 0.1) is 32.2 Å². The van der Waals surface area contributed by atoms with Crippen molar-refractivity contribution in [1.82, 2.24) is 5.32 Å². The fraction of sp³-hybridized carbons (Fsp3) is 0.179. The molecule has 8 nitrogen and oxygen atoms in total. The predicted octanol–water partition coefficient (Wildman–Crippen LogP) is 5.32. The molecule has 190 valence electrons. The fourth-order valence-corrected chi connectivity index (χ4v) is 4.49. The highest BCUT2D eigenvalue weighted by Gasteiger charge is 2.25. The number of hydrogen-bond donors (Lipinski definition) is 1. The largest absolute Gasteiger partial charge is 0.497 e. The lowest BCUT2D eigenvalue weighted by molar-refractivity contribution is -0.142. The Morgan fingerprint density at radius 1 is 0.865 bits per heavy atom. The minimum atomic E-state index is -0.527. The second kappa shape index (κ2) is 11.7. The van der Waals surface area contributed by atoms with Crippen molar-refractivity contribution in [2.75, 3.05) is 21.3 Å². The van der Waals surface area contributed by atoms with Crippen molar-refractivity contribution in [2.45, 2.75) is 12.3 Å². The molecule has 1 aliphatic heterocycles. The number of esters is 1. The third-order valence-electron chi connectivity index (χ3n) is 5.67. The number of benzene rings is 3. The molecule has 37 heavy (non-hydrogen) atoms. The first-order chi connectivity index (χ1) is 17.9. The van der Waals surface area contributed by atoms with Gasteiger partial charge in [0, 0.05) is 6.07 Å². The van der Waals surface area contributed by atoms with Crippen LogP contribution in [0.1, 0.15) is 22.6 Å². The van der Waals surface area contributed by atoms with Gasteiger partial charge < -0.3 is 18.9 Å². The summed E-state index contributed by atoms with van der Waals surface area (Å²) in [4.78, 5) is 36.0. The van der Waals surface area contributed by atoms with Gasteiger partial charge in [-0.15, -0.1) is 0 Å². The number of amides is 2. The van der Waals surface area contributed by atoms with Gasteiger partial charge in [-0.3, -0.25) is 19.7 Å². The number of nitrogens with one attached hydrogen (secondary N) is 1. The van der Waals surface area contributed by atoms with Crippen LogP contribution in [-0.2, 0) is 20.7 Å². The number of carbonyl (C=O) groups is 3. The molecule has 0 radical (unpaired) electrons. The Bertz CT molecular complexity index is 1310. The van der Waals surface area contributed by atoms with Crippen LogP contribution in [0.2, 0.25) is 0 Å². The molecule has 1 atom stereocenters. The van der Waals surface area contributed by atoms with E-state index in [4.69, 9.17) is 18.9 Å². The first-order valence-electron chi connectivity index (χ1n) is 11.3. The molecular formula is C28H25NO7S. The van der Waals surface area contributed by atoms with E-state index in [0.717, 1.165) is 28.5 Å². The van der Waals surface area contributed by atoms with Crippen molar-refractivity contribution < 1.29 is 33.3 Å². The maximum absolute atomic E-state index is 12.6. The summed E-state index contributed by atoms with van der Waals surface area (Å²) in [7, 11) is 4.53. The molecule has 3 aromatic rings. The highest BCUT2D eigenvalue weighted by Crippen LogP contribution is 2.31. The van der Waals surface area contributed by atoms with Crippen molar-refractivity contribution in [3.8, 4) is 23.0 Å². The maximum Gasteiger partial charge on any atom is 0.313 e. The standard InChI is InChI=1S/C28H25NO7S/c1-33-22-12-18(13-23(16-22)34-2)14-24(27(31)35-3)19-6-10-21(11-7-19)36-20-8-4-17(5-9-20)15-25-26(30)29-28(32)37-25/h4-13,15-16,24H,14H2,1-3H3,(H,29,30,32)/b25-15-. The van der Waals surface area contributed by atoms with E-state index in [1.54, 1.807) is 62.8 Å². The first-order valence-corrected chi connectivity index (χ1v) is 12.1. The van der Waals surface area contributed by atoms with Crippen LogP contribution in [0, 0.1) is 0 Å². The maximum atomic E-state index is 12.6. The van der Waals surface area contributed by atoms with E-state index in [0.29, 0.717) is 34.3 Å². The van der Waals surface area contributed by atoms with Crippen LogP contribution in [0.4, 0.5) is 4.79 Å². The summed E-state index contributed by atoms with van der Waals surface area (Å²) in [6, 6.07) is 19.9. The Morgan fingerprint density at radius 2 is 1.46 bits per heavy atom. The zero-order valence-electron chi connectivity index (χ0n) is 20.5. The minimum Gasteiger partial charge on any atom is -0.497 e. The molecule has 4 rings (SSSR count). The van der Waals surface area contributed by atoms with Crippen molar-refractivity contribution in [3.63, 3.8) is 0 Å². The number of thioether (sulfide) groups is 1. The van der Waals surface area contributed by atoms with E-state index in [9.17, 15) is 14.4 Å². The Kier molecular flexibility index (Phi) is 8.15. The molecular weight excluding hydrogens is 494 g/mol. The molecule has 9 heteroatoms. The summed E-state index contributed by atoms with van der Waals surface area (Å²) in [5, 5.41) is 1.85. The third kappa shape index (κ3) is 6.50. The quantitative estimate of drug-likeness (QED) is 0.300. The summed E-state index contributed by atoms with van der Waals surface area (Å²) in [6.45, 7) is 0. The summed E-state index contributed by atoms with van der Waals surface area (Å²) >= 11 is 0.871. The number of carbonyl (C=O) groups excluding carboxylic acids is 3. The van der Waals surface area contributed by atoms with Crippen molar-refractivity contribution in [1.29, 1.82) is 0 Å². The zero-order chi connectivity index (χ0) is 26.4. The van der Waals surface area contributed by atoms with Crippen molar-refractivity contribution in [3.05, 3.63) is 88.3 Å². The van der Waals surface area contributed by atoms with Crippen LogP contribution in [0.25, 0.3) is 6.08 Å². The van der Waals surface area contributed by atoms with E-state index < -0.39 is 11.8 Å². The third-order valence-corrected chi connectivity index (χ3v) is 6.49. The van der Waals surface area contributed by atoms with Gasteiger partial charge in [-0.25, -0.2) is 0 Å². The summed E-state index contributed by atoms with van der Waals surface area (Å²) in [5.41, 5.74) is 2.43. The van der Waals surface area contributed by atoms with Gasteiger partial charge in [-0.05, 0) is 77.3 Å². The second-order valence-corrected chi connectivity index (χ2v) is 9.11. The highest BCUT2D eigenvalue weighted by molar-refractivity contribution is 8.18. The van der Waals surface area contributed by atoms with Crippen LogP contribution in [0.3, 0.4) is 0 Å². The molecule has 1 saturated heterocycles. The van der Waals surface area contributed by atoms with Crippen LogP contribution in [0.15, 0.2) is 71.6 Å². The molecule has 0 saturated carbocycles. The average Bonchev–Trinajstić information content (AvgIpc) is 3.24. The van der Waals surface area contributed by atoms with E-state index in [1.165, 1.54) is 7.11 Å². The second-order valence-electron chi connectivity index (χ2n) is 8.09. The predicted molar refractivity (Wildman–Crippen MR) is 140 cm³/mol. The molecule has 1 N–H and O–H groups in total. The Labute approximate surface area is 218 Å². The molecule has 0 spiro atoms. The topological polar surface area (TPSA) is 100 Å². The van der Waals surface area contributed by atoms with Crippen LogP contribution >= 0.6 is 11.8 Å². The lowest BCUT2D eigenvalue weighted by Crippen LogP contribution is -2.17. The van der Waals surface area contributed by atoms with Gasteiger partial charge in [-0.2, -0.15) is 0 Å². The van der Waals surface area contributed by atoms with Crippen molar-refractivity contribution >= 4 is 35.0 Å². The summed E-state index contributed by atoms with van der Waals surface area (Å²) in [5.74, 6) is 1.20. The number of imide groups is 1. The number of rotatable bonds is 9. The Hall–Kier alpha value is -4.24. The van der Waals surface area contributed by atoms with E-state index in [2.05, 4.69) is 5.32 Å². The lowest BCUT2D eigenvalue weighted by atomic mass is 9.91. The van der Waals surface area contributed by atoms with Gasteiger partial charge in [0.2, 0.25) is 0 Å². The van der Waals surface area contributed by atoms with E-state index in [1.807, 2.05) is 24.3 Å². The average molecular weight is 520 g/mol. The van der Waals surface area contributed by atoms with Gasteiger partial charge in [0.1, 0.15) is 23.0 Å². The molecule has 3 aromatic carbocycles. The molecule has 0 aliphatic carbocycles. The number of methoxy groups -OCH3 is 3. The van der Waals surface area contributed by atoms with Crippen LogP contribution in [-0.4, -0.2) is 38.4 Å². The van der Waals surface area contributed by atoms with Gasteiger partial charge in [0.15, 0.2) is 0 Å². The Morgan fingerprint density at radius 3 is 1.97 bits per heavy atom. The highest BCUT2D eigenvalue weighted by atomic mass is 32.2. The van der Waals surface area contributed by atoms with Crippen LogP contribution in [0.5, 0.6) is 23.0 Å². The van der Waals surface area contributed by atoms with Gasteiger partial charge in [0.25, 0.3) is 11.1 Å². The zero-order valence-corrected chi connectivity index (χ0v) is 21.3. The van der Waals surface area contributed by atoms with Crippen molar-refractivity contribution in [2.24, 2.45) is 0 Å². The normalized spacial score (nSPS) is 14.7. The molecule has 0 bridgehead atoms. The summed E-state index contributed by atoms with van der Waals surface area (Å²) in [6.07, 6.45) is 2.05. The molecule has 1 heterocycles. The molecule has 1 fully saturated rings. The smallest absolute Gasteiger partial charge is 0.313 e. The van der Waals surface area contributed by atoms with E-state index >= 15 is 0 Å². The first kappa shape index (κ1) is 25.8. The lowest BCUT2D eigenvalue weighted by Gasteiger charge is -2.17. The molecule has 1 aliphatic rings. The number of hydrogen-bond acceptors (Lipinski definition) is 8. The summed E-state index contributed by atoms with van der Waals surface area (Å²) < 4.78 is 21.7. The molecule has 0 aromatic heterocycles. The molecule has 2 amide bonds. The molecule has 1 unspecified atom stereocenters.